The average molecular weight is 271 g/mol. The van der Waals surface area contributed by atoms with Crippen molar-refractivity contribution in [2.75, 3.05) is 6.54 Å². The maximum atomic E-state index is 11.6. The minimum absolute atomic E-state index is 0.0682. The SMILES string of the molecule is CC(NC(=O)NCC(C)(C)C(=O)O)c1nccs1. The van der Waals surface area contributed by atoms with Gasteiger partial charge in [0.1, 0.15) is 5.01 Å². The van der Waals surface area contributed by atoms with Gasteiger partial charge < -0.3 is 15.7 Å². The molecule has 0 bridgehead atoms. The molecule has 1 aromatic rings. The number of hydrogen-bond acceptors (Lipinski definition) is 4. The topological polar surface area (TPSA) is 91.3 Å². The molecule has 0 aliphatic carbocycles. The molecule has 0 aliphatic rings. The zero-order valence-corrected chi connectivity index (χ0v) is 11.4. The number of aliphatic carboxylic acids is 1. The first-order valence-electron chi connectivity index (χ1n) is 5.50. The fourth-order valence-corrected chi connectivity index (χ4v) is 1.78. The third kappa shape index (κ3) is 3.99. The maximum absolute atomic E-state index is 11.6. The Morgan fingerprint density at radius 1 is 1.56 bits per heavy atom. The number of carboxylic acids is 1. The predicted molar refractivity (Wildman–Crippen MR) is 68.5 cm³/mol. The number of hydrogen-bond donors (Lipinski definition) is 3. The number of nitrogens with zero attached hydrogens (tertiary/aromatic N) is 1. The lowest BCUT2D eigenvalue weighted by atomic mass is 9.94. The molecule has 1 atom stereocenters. The van der Waals surface area contributed by atoms with Crippen LogP contribution < -0.4 is 10.6 Å². The van der Waals surface area contributed by atoms with E-state index < -0.39 is 17.4 Å². The molecular formula is C11H17N3O3S. The van der Waals surface area contributed by atoms with E-state index in [-0.39, 0.29) is 12.6 Å². The van der Waals surface area contributed by atoms with Gasteiger partial charge in [0.15, 0.2) is 0 Å². The second-order valence-electron chi connectivity index (χ2n) is 4.61. The monoisotopic (exact) mass is 271 g/mol. The normalized spacial score (nSPS) is 12.8. The summed E-state index contributed by atoms with van der Waals surface area (Å²) < 4.78 is 0. The molecule has 0 saturated heterocycles. The zero-order valence-electron chi connectivity index (χ0n) is 10.6. The van der Waals surface area contributed by atoms with Crippen molar-refractivity contribution in [2.24, 2.45) is 5.41 Å². The van der Waals surface area contributed by atoms with E-state index in [1.54, 1.807) is 20.0 Å². The van der Waals surface area contributed by atoms with Gasteiger partial charge >= 0.3 is 12.0 Å². The average Bonchev–Trinajstić information content (AvgIpc) is 2.79. The van der Waals surface area contributed by atoms with Gasteiger partial charge in [-0.1, -0.05) is 0 Å². The van der Waals surface area contributed by atoms with Crippen LogP contribution in [0.5, 0.6) is 0 Å². The summed E-state index contributed by atoms with van der Waals surface area (Å²) in [4.78, 5) is 26.5. The summed E-state index contributed by atoms with van der Waals surface area (Å²) in [5.74, 6) is -0.948. The van der Waals surface area contributed by atoms with E-state index in [0.29, 0.717) is 0 Å². The number of aromatic nitrogens is 1. The summed E-state index contributed by atoms with van der Waals surface area (Å²) in [6.45, 7) is 5.00. The highest BCUT2D eigenvalue weighted by Gasteiger charge is 2.27. The number of amides is 2. The van der Waals surface area contributed by atoms with Gasteiger partial charge in [0.05, 0.1) is 11.5 Å². The molecule has 2 amide bonds. The third-order valence-electron chi connectivity index (χ3n) is 2.44. The highest BCUT2D eigenvalue weighted by atomic mass is 32.1. The molecule has 18 heavy (non-hydrogen) atoms. The number of carboxylic acid groups (broad SMARTS) is 1. The Hall–Kier alpha value is -1.63. The minimum atomic E-state index is -0.984. The van der Waals surface area contributed by atoms with Crippen molar-refractivity contribution < 1.29 is 14.7 Å². The molecule has 1 rings (SSSR count). The molecule has 0 fully saturated rings. The molecule has 0 saturated carbocycles. The Labute approximate surface area is 109 Å². The lowest BCUT2D eigenvalue weighted by Gasteiger charge is -2.20. The highest BCUT2D eigenvalue weighted by Crippen LogP contribution is 2.15. The van der Waals surface area contributed by atoms with Crippen LogP contribution in [-0.4, -0.2) is 28.6 Å². The van der Waals surface area contributed by atoms with Crippen LogP contribution in [0.25, 0.3) is 0 Å². The van der Waals surface area contributed by atoms with Gasteiger partial charge in [0.2, 0.25) is 0 Å². The van der Waals surface area contributed by atoms with Crippen LogP contribution in [0.4, 0.5) is 4.79 Å². The van der Waals surface area contributed by atoms with Crippen LogP contribution in [-0.2, 0) is 4.79 Å². The van der Waals surface area contributed by atoms with Crippen molar-refractivity contribution in [2.45, 2.75) is 26.8 Å². The Balaban J connectivity index is 2.41. The van der Waals surface area contributed by atoms with E-state index in [0.717, 1.165) is 5.01 Å². The van der Waals surface area contributed by atoms with Crippen molar-refractivity contribution in [3.8, 4) is 0 Å². The second-order valence-corrected chi connectivity index (χ2v) is 5.53. The Kier molecular flexibility index (Phi) is 4.66. The lowest BCUT2D eigenvalue weighted by molar-refractivity contribution is -0.146. The fraction of sp³-hybridized carbons (Fsp3) is 0.545. The van der Waals surface area contributed by atoms with E-state index in [4.69, 9.17) is 5.11 Å². The van der Waals surface area contributed by atoms with Crippen LogP contribution in [0.1, 0.15) is 31.8 Å². The largest absolute Gasteiger partial charge is 0.481 e. The molecule has 100 valence electrons. The minimum Gasteiger partial charge on any atom is -0.481 e. The zero-order chi connectivity index (χ0) is 13.8. The molecule has 6 nitrogen and oxygen atoms in total. The molecule has 3 N–H and O–H groups in total. The van der Waals surface area contributed by atoms with E-state index in [1.165, 1.54) is 11.3 Å². The first-order chi connectivity index (χ1) is 8.33. The van der Waals surface area contributed by atoms with Gasteiger partial charge in [-0.2, -0.15) is 0 Å². The van der Waals surface area contributed by atoms with Crippen molar-refractivity contribution in [3.05, 3.63) is 16.6 Å². The Morgan fingerprint density at radius 2 is 2.22 bits per heavy atom. The second kappa shape index (κ2) is 5.81. The molecule has 0 spiro atoms. The predicted octanol–water partition coefficient (Wildman–Crippen LogP) is 1.61. The third-order valence-corrected chi connectivity index (χ3v) is 3.40. The summed E-state index contributed by atoms with van der Waals surface area (Å²) >= 11 is 1.45. The van der Waals surface area contributed by atoms with Crippen LogP contribution in [0.15, 0.2) is 11.6 Å². The summed E-state index contributed by atoms with van der Waals surface area (Å²) in [5.41, 5.74) is -0.984. The summed E-state index contributed by atoms with van der Waals surface area (Å²) in [6, 6.07) is -0.593. The molecule has 7 heteroatoms. The van der Waals surface area contributed by atoms with Crippen LogP contribution in [0.2, 0.25) is 0 Å². The van der Waals surface area contributed by atoms with Gasteiger partial charge in [0, 0.05) is 18.1 Å². The Bertz CT molecular complexity index is 417. The van der Waals surface area contributed by atoms with Crippen molar-refractivity contribution in [1.29, 1.82) is 0 Å². The van der Waals surface area contributed by atoms with Gasteiger partial charge in [0.25, 0.3) is 0 Å². The molecule has 0 radical (unpaired) electrons. The number of carbonyl (C=O) groups is 2. The number of rotatable bonds is 5. The van der Waals surface area contributed by atoms with Crippen molar-refractivity contribution in [1.82, 2.24) is 15.6 Å². The van der Waals surface area contributed by atoms with Crippen molar-refractivity contribution in [3.63, 3.8) is 0 Å². The highest BCUT2D eigenvalue weighted by molar-refractivity contribution is 7.09. The summed E-state index contributed by atoms with van der Waals surface area (Å²) in [7, 11) is 0. The van der Waals surface area contributed by atoms with Crippen LogP contribution >= 0.6 is 11.3 Å². The number of carbonyl (C=O) groups excluding carboxylic acids is 1. The fourth-order valence-electron chi connectivity index (χ4n) is 1.13. The smallest absolute Gasteiger partial charge is 0.315 e. The lowest BCUT2D eigenvalue weighted by Crippen LogP contribution is -2.44. The molecule has 0 aliphatic heterocycles. The molecule has 1 heterocycles. The number of urea groups is 1. The molecular weight excluding hydrogens is 254 g/mol. The quantitative estimate of drug-likeness (QED) is 0.758. The van der Waals surface area contributed by atoms with E-state index in [9.17, 15) is 9.59 Å². The van der Waals surface area contributed by atoms with E-state index in [2.05, 4.69) is 15.6 Å². The van der Waals surface area contributed by atoms with Crippen LogP contribution in [0, 0.1) is 5.41 Å². The van der Waals surface area contributed by atoms with Gasteiger partial charge in [-0.15, -0.1) is 11.3 Å². The van der Waals surface area contributed by atoms with Crippen LogP contribution in [0.3, 0.4) is 0 Å². The van der Waals surface area contributed by atoms with Gasteiger partial charge in [-0.3, -0.25) is 4.79 Å². The molecule has 1 aromatic heterocycles. The standard InChI is InChI=1S/C11H17N3O3S/c1-7(8-12-4-5-18-8)14-10(17)13-6-11(2,3)9(15)16/h4-5,7H,6H2,1-3H3,(H,15,16)(H2,13,14,17). The Morgan fingerprint density at radius 3 is 2.72 bits per heavy atom. The van der Waals surface area contributed by atoms with E-state index in [1.807, 2.05) is 12.3 Å². The van der Waals surface area contributed by atoms with Gasteiger partial charge in [-0.05, 0) is 20.8 Å². The number of nitrogens with one attached hydrogen (secondary N) is 2. The van der Waals surface area contributed by atoms with Crippen molar-refractivity contribution >= 4 is 23.3 Å². The summed E-state index contributed by atoms with van der Waals surface area (Å²) in [5, 5.41) is 16.8. The molecule has 1 unspecified atom stereocenters. The number of thiazole rings is 1. The van der Waals surface area contributed by atoms with Gasteiger partial charge in [-0.25, -0.2) is 9.78 Å². The molecule has 0 aromatic carbocycles. The van der Waals surface area contributed by atoms with E-state index >= 15 is 0 Å². The first-order valence-corrected chi connectivity index (χ1v) is 6.38. The first kappa shape index (κ1) is 14.4. The summed E-state index contributed by atoms with van der Waals surface area (Å²) in [6.07, 6.45) is 1.67. The maximum Gasteiger partial charge on any atom is 0.315 e.